The summed E-state index contributed by atoms with van der Waals surface area (Å²) in [5.74, 6) is 0.779. The van der Waals surface area contributed by atoms with Gasteiger partial charge in [-0.25, -0.2) is 4.79 Å². The summed E-state index contributed by atoms with van der Waals surface area (Å²) in [5.41, 5.74) is 3.25. The summed E-state index contributed by atoms with van der Waals surface area (Å²) in [6, 6.07) is 15.8. The van der Waals surface area contributed by atoms with Gasteiger partial charge in [0.25, 0.3) is 0 Å². The second-order valence-corrected chi connectivity index (χ2v) is 5.39. The maximum absolute atomic E-state index is 12.5. The van der Waals surface area contributed by atoms with Crippen molar-refractivity contribution in [1.82, 2.24) is 5.32 Å². The van der Waals surface area contributed by atoms with E-state index >= 15 is 0 Å². The lowest BCUT2D eigenvalue weighted by Crippen LogP contribution is -2.42. The lowest BCUT2D eigenvalue weighted by molar-refractivity contribution is 0.245. The molecule has 1 aliphatic heterocycles. The van der Waals surface area contributed by atoms with E-state index in [2.05, 4.69) is 5.32 Å². The first-order chi connectivity index (χ1) is 10.8. The topological polar surface area (TPSA) is 41.6 Å². The molecule has 1 N–H and O–H groups in total. The summed E-state index contributed by atoms with van der Waals surface area (Å²) in [7, 11) is 1.64. The number of carbonyl (C=O) groups excluding carboxylic acids is 1. The molecule has 4 nitrogen and oxygen atoms in total. The number of hydrogen-bond acceptors (Lipinski definition) is 2. The maximum atomic E-state index is 12.5. The second-order valence-electron chi connectivity index (χ2n) is 5.39. The van der Waals surface area contributed by atoms with Crippen molar-refractivity contribution in [3.63, 3.8) is 0 Å². The van der Waals surface area contributed by atoms with Gasteiger partial charge in [-0.05, 0) is 30.0 Å². The first kappa shape index (κ1) is 14.4. The molecule has 0 fully saturated rings. The van der Waals surface area contributed by atoms with Crippen molar-refractivity contribution >= 4 is 11.7 Å². The highest BCUT2D eigenvalue weighted by Crippen LogP contribution is 2.30. The first-order valence-electron chi connectivity index (χ1n) is 7.54. The molecule has 3 rings (SSSR count). The first-order valence-corrected chi connectivity index (χ1v) is 7.54. The third kappa shape index (κ3) is 3.06. The largest absolute Gasteiger partial charge is 0.497 e. The SMILES string of the molecule is COc1ccc2c(c1)N(C(=O)NCc1ccccc1)CCC2. The molecule has 114 valence electrons. The lowest BCUT2D eigenvalue weighted by Gasteiger charge is -2.30. The normalized spacial score (nSPS) is 13.4. The minimum Gasteiger partial charge on any atom is -0.497 e. The van der Waals surface area contributed by atoms with Gasteiger partial charge in [0.1, 0.15) is 5.75 Å². The number of aryl methyl sites for hydroxylation is 1. The average Bonchev–Trinajstić information content (AvgIpc) is 2.59. The van der Waals surface area contributed by atoms with E-state index in [1.807, 2.05) is 53.4 Å². The molecule has 0 saturated carbocycles. The monoisotopic (exact) mass is 296 g/mol. The molecule has 1 heterocycles. The van der Waals surface area contributed by atoms with Crippen molar-refractivity contribution in [1.29, 1.82) is 0 Å². The van der Waals surface area contributed by atoms with E-state index in [1.54, 1.807) is 7.11 Å². The summed E-state index contributed by atoms with van der Waals surface area (Å²) < 4.78 is 5.28. The maximum Gasteiger partial charge on any atom is 0.322 e. The van der Waals surface area contributed by atoms with Crippen LogP contribution in [0, 0.1) is 0 Å². The highest BCUT2D eigenvalue weighted by Gasteiger charge is 2.22. The Labute approximate surface area is 130 Å². The van der Waals surface area contributed by atoms with E-state index in [1.165, 1.54) is 5.56 Å². The standard InChI is InChI=1S/C18H20N2O2/c1-22-16-10-9-15-8-5-11-20(17(15)12-16)18(21)19-13-14-6-3-2-4-7-14/h2-4,6-7,9-10,12H,5,8,11,13H2,1H3,(H,19,21). The molecule has 2 amide bonds. The summed E-state index contributed by atoms with van der Waals surface area (Å²) in [5, 5.41) is 2.99. The minimum absolute atomic E-state index is 0.0574. The fraction of sp³-hybridized carbons (Fsp3) is 0.278. The number of fused-ring (bicyclic) bond motifs is 1. The van der Waals surface area contributed by atoms with Crippen LogP contribution in [0.15, 0.2) is 48.5 Å². The van der Waals surface area contributed by atoms with Gasteiger partial charge in [0, 0.05) is 19.2 Å². The molecule has 0 saturated heterocycles. The van der Waals surface area contributed by atoms with Crippen LogP contribution in [0.5, 0.6) is 5.75 Å². The van der Waals surface area contributed by atoms with Gasteiger partial charge in [-0.15, -0.1) is 0 Å². The van der Waals surface area contributed by atoms with E-state index in [0.717, 1.165) is 36.4 Å². The smallest absolute Gasteiger partial charge is 0.322 e. The number of carbonyl (C=O) groups is 1. The molecule has 0 atom stereocenters. The molecule has 0 spiro atoms. The van der Waals surface area contributed by atoms with Crippen LogP contribution in [0.25, 0.3) is 0 Å². The van der Waals surface area contributed by atoms with Gasteiger partial charge in [0.15, 0.2) is 0 Å². The van der Waals surface area contributed by atoms with Gasteiger partial charge < -0.3 is 10.1 Å². The summed E-state index contributed by atoms with van der Waals surface area (Å²) in [4.78, 5) is 14.3. The molecule has 2 aromatic rings. The van der Waals surface area contributed by atoms with Crippen molar-refractivity contribution in [2.75, 3.05) is 18.6 Å². The van der Waals surface area contributed by atoms with Gasteiger partial charge in [0.2, 0.25) is 0 Å². The van der Waals surface area contributed by atoms with E-state index in [9.17, 15) is 4.79 Å². The number of rotatable bonds is 3. The number of benzene rings is 2. The third-order valence-corrected chi connectivity index (χ3v) is 3.94. The molecule has 0 radical (unpaired) electrons. The van der Waals surface area contributed by atoms with E-state index in [4.69, 9.17) is 4.74 Å². The van der Waals surface area contributed by atoms with Crippen LogP contribution in [-0.2, 0) is 13.0 Å². The highest BCUT2D eigenvalue weighted by molar-refractivity contribution is 5.93. The lowest BCUT2D eigenvalue weighted by atomic mass is 10.0. The molecule has 0 bridgehead atoms. The highest BCUT2D eigenvalue weighted by atomic mass is 16.5. The quantitative estimate of drug-likeness (QED) is 0.943. The zero-order valence-corrected chi connectivity index (χ0v) is 12.7. The molecule has 0 aliphatic carbocycles. The molecule has 1 aliphatic rings. The molecular weight excluding hydrogens is 276 g/mol. The van der Waals surface area contributed by atoms with Crippen molar-refractivity contribution in [2.45, 2.75) is 19.4 Å². The Bertz CT molecular complexity index is 655. The molecule has 22 heavy (non-hydrogen) atoms. The van der Waals surface area contributed by atoms with Crippen LogP contribution < -0.4 is 15.0 Å². The number of nitrogens with one attached hydrogen (secondary N) is 1. The number of methoxy groups -OCH3 is 1. The van der Waals surface area contributed by atoms with Crippen LogP contribution in [-0.4, -0.2) is 19.7 Å². The van der Waals surface area contributed by atoms with Gasteiger partial charge >= 0.3 is 6.03 Å². The third-order valence-electron chi connectivity index (χ3n) is 3.94. The van der Waals surface area contributed by atoms with Crippen LogP contribution in [0.3, 0.4) is 0 Å². The molecule has 0 aromatic heterocycles. The fourth-order valence-electron chi connectivity index (χ4n) is 2.76. The number of hydrogen-bond donors (Lipinski definition) is 1. The Morgan fingerprint density at radius 2 is 2.05 bits per heavy atom. The fourth-order valence-corrected chi connectivity index (χ4v) is 2.76. The van der Waals surface area contributed by atoms with Crippen molar-refractivity contribution in [3.8, 4) is 5.75 Å². The Morgan fingerprint density at radius 3 is 2.82 bits per heavy atom. The van der Waals surface area contributed by atoms with Crippen molar-refractivity contribution in [2.24, 2.45) is 0 Å². The predicted molar refractivity (Wildman–Crippen MR) is 87.3 cm³/mol. The van der Waals surface area contributed by atoms with Crippen LogP contribution >= 0.6 is 0 Å². The number of nitrogens with zero attached hydrogens (tertiary/aromatic N) is 1. The molecule has 2 aromatic carbocycles. The Morgan fingerprint density at radius 1 is 1.23 bits per heavy atom. The number of ether oxygens (including phenoxy) is 1. The molecule has 4 heteroatoms. The zero-order chi connectivity index (χ0) is 15.4. The number of amides is 2. The van der Waals surface area contributed by atoms with Crippen LogP contribution in [0.2, 0.25) is 0 Å². The summed E-state index contributed by atoms with van der Waals surface area (Å²) in [6.07, 6.45) is 1.99. The predicted octanol–water partition coefficient (Wildman–Crippen LogP) is 3.36. The Kier molecular flexibility index (Phi) is 4.28. The Balaban J connectivity index is 1.74. The van der Waals surface area contributed by atoms with Gasteiger partial charge in [-0.1, -0.05) is 36.4 Å². The molecular formula is C18H20N2O2. The minimum atomic E-state index is -0.0574. The van der Waals surface area contributed by atoms with E-state index in [0.29, 0.717) is 6.54 Å². The Hall–Kier alpha value is -2.49. The zero-order valence-electron chi connectivity index (χ0n) is 12.7. The average molecular weight is 296 g/mol. The second kappa shape index (κ2) is 6.52. The van der Waals surface area contributed by atoms with E-state index in [-0.39, 0.29) is 6.03 Å². The molecule has 0 unspecified atom stereocenters. The van der Waals surface area contributed by atoms with Gasteiger partial charge in [-0.3, -0.25) is 4.90 Å². The van der Waals surface area contributed by atoms with Crippen molar-refractivity contribution in [3.05, 3.63) is 59.7 Å². The van der Waals surface area contributed by atoms with Gasteiger partial charge in [-0.2, -0.15) is 0 Å². The summed E-state index contributed by atoms with van der Waals surface area (Å²) >= 11 is 0. The van der Waals surface area contributed by atoms with Gasteiger partial charge in [0.05, 0.1) is 12.8 Å². The van der Waals surface area contributed by atoms with Crippen LogP contribution in [0.1, 0.15) is 17.5 Å². The number of anilines is 1. The number of urea groups is 1. The van der Waals surface area contributed by atoms with Crippen molar-refractivity contribution < 1.29 is 9.53 Å². The van der Waals surface area contributed by atoms with Crippen LogP contribution in [0.4, 0.5) is 10.5 Å². The summed E-state index contributed by atoms with van der Waals surface area (Å²) in [6.45, 7) is 1.27. The van der Waals surface area contributed by atoms with E-state index < -0.39 is 0 Å².